The third-order valence-corrected chi connectivity index (χ3v) is 6.21. The Hall–Kier alpha value is -3.81. The van der Waals surface area contributed by atoms with Crippen LogP contribution in [0, 0.1) is 0 Å². The van der Waals surface area contributed by atoms with Crippen LogP contribution >= 0.6 is 0 Å². The molecule has 0 aliphatic heterocycles. The summed E-state index contributed by atoms with van der Waals surface area (Å²) in [6.07, 6.45) is 5.51. The normalized spacial score (nSPS) is 11.0. The molecule has 0 spiro atoms. The number of aromatic hydroxyl groups is 1. The molecule has 0 fully saturated rings. The number of nitrogen functional groups attached to an aromatic ring is 1. The Bertz CT molecular complexity index is 1300. The lowest BCUT2D eigenvalue weighted by atomic mass is 9.96. The minimum atomic E-state index is -0.643. The third kappa shape index (κ3) is 5.70. The number of aryl methyl sites for hydroxylation is 2. The fourth-order valence-corrected chi connectivity index (χ4v) is 4.22. The number of phenolic OH excluding ortho intramolecular Hbond substituents is 1. The summed E-state index contributed by atoms with van der Waals surface area (Å²) in [4.78, 5) is 39.8. The smallest absolute Gasteiger partial charge is 0.337 e. The van der Waals surface area contributed by atoms with Crippen molar-refractivity contribution in [1.82, 2.24) is 9.13 Å². The zero-order chi connectivity index (χ0) is 26.2. The molecule has 4 N–H and O–H groups in total. The number of nitrogens with zero attached hydrogens (tertiary/aromatic N) is 2. The second kappa shape index (κ2) is 12.2. The van der Waals surface area contributed by atoms with Crippen molar-refractivity contribution in [2.75, 3.05) is 11.1 Å². The predicted molar refractivity (Wildman–Crippen MR) is 144 cm³/mol. The van der Waals surface area contributed by atoms with E-state index in [1.54, 1.807) is 36.4 Å². The van der Waals surface area contributed by atoms with Crippen LogP contribution in [0.15, 0.2) is 52.1 Å². The van der Waals surface area contributed by atoms with Gasteiger partial charge in [-0.25, -0.2) is 9.36 Å². The fourth-order valence-electron chi connectivity index (χ4n) is 4.22. The van der Waals surface area contributed by atoms with Crippen molar-refractivity contribution in [1.29, 1.82) is 0 Å². The summed E-state index contributed by atoms with van der Waals surface area (Å²) in [7, 11) is 0. The summed E-state index contributed by atoms with van der Waals surface area (Å²) < 4.78 is 2.33. The third-order valence-electron chi connectivity index (χ3n) is 6.21. The van der Waals surface area contributed by atoms with Crippen molar-refractivity contribution in [3.8, 4) is 11.4 Å². The van der Waals surface area contributed by atoms with Crippen LogP contribution in [-0.2, 0) is 19.4 Å². The van der Waals surface area contributed by atoms with Crippen molar-refractivity contribution in [2.24, 2.45) is 0 Å². The summed E-state index contributed by atoms with van der Waals surface area (Å²) in [5.74, 6) is -0.417. The Morgan fingerprint density at radius 3 is 2.06 bits per heavy atom. The topological polar surface area (TPSA) is 119 Å². The number of benzene rings is 2. The number of carbonyl (C=O) groups excluding carboxylic acids is 1. The number of hydrogen-bond acceptors (Lipinski definition) is 5. The number of phenols is 1. The predicted octanol–water partition coefficient (Wildman–Crippen LogP) is 4.63. The van der Waals surface area contributed by atoms with Gasteiger partial charge in [0.15, 0.2) is 0 Å². The molecule has 2 aromatic carbocycles. The number of para-hydroxylation sites is 1. The molecule has 36 heavy (non-hydrogen) atoms. The van der Waals surface area contributed by atoms with E-state index in [1.165, 1.54) is 4.57 Å². The molecular formula is C28H36N4O4. The van der Waals surface area contributed by atoms with E-state index in [-0.39, 0.29) is 23.8 Å². The molecule has 0 unspecified atom stereocenters. The quantitative estimate of drug-likeness (QED) is 0.360. The molecule has 192 valence electrons. The Balaban J connectivity index is 2.11. The number of amides is 1. The highest BCUT2D eigenvalue weighted by Crippen LogP contribution is 2.28. The van der Waals surface area contributed by atoms with Crippen LogP contribution in [-0.4, -0.2) is 20.1 Å². The first-order valence-corrected chi connectivity index (χ1v) is 12.7. The SMILES string of the molecule is CCCCc1cc(C(=O)Nc2c(N)n(-c3ccccc3)c(=O)n(CCC)c2=O)cc(CCCC)c1O. The highest BCUT2D eigenvalue weighted by atomic mass is 16.3. The molecule has 1 heterocycles. The van der Waals surface area contributed by atoms with Crippen LogP contribution < -0.4 is 22.3 Å². The molecule has 0 saturated heterocycles. The lowest BCUT2D eigenvalue weighted by Crippen LogP contribution is -2.42. The fraction of sp³-hybridized carbons (Fsp3) is 0.393. The summed E-state index contributed by atoms with van der Waals surface area (Å²) in [5.41, 5.74) is 7.22. The van der Waals surface area contributed by atoms with Gasteiger partial charge in [-0.05, 0) is 67.5 Å². The van der Waals surface area contributed by atoms with Crippen LogP contribution in [0.5, 0.6) is 5.75 Å². The number of nitrogens with two attached hydrogens (primary N) is 1. The Kier molecular flexibility index (Phi) is 9.11. The van der Waals surface area contributed by atoms with Crippen LogP contribution in [0.2, 0.25) is 0 Å². The van der Waals surface area contributed by atoms with Crippen LogP contribution in [0.3, 0.4) is 0 Å². The Labute approximate surface area is 211 Å². The van der Waals surface area contributed by atoms with Gasteiger partial charge in [0, 0.05) is 12.1 Å². The monoisotopic (exact) mass is 492 g/mol. The molecule has 3 rings (SSSR count). The first-order valence-electron chi connectivity index (χ1n) is 12.7. The van der Waals surface area contributed by atoms with Gasteiger partial charge < -0.3 is 16.2 Å². The lowest BCUT2D eigenvalue weighted by Gasteiger charge is -2.18. The van der Waals surface area contributed by atoms with Gasteiger partial charge in [-0.2, -0.15) is 0 Å². The second-order valence-corrected chi connectivity index (χ2v) is 8.97. The maximum atomic E-state index is 13.4. The average Bonchev–Trinajstić information content (AvgIpc) is 2.88. The van der Waals surface area contributed by atoms with E-state index in [1.807, 2.05) is 13.0 Å². The molecule has 0 saturated carbocycles. The van der Waals surface area contributed by atoms with Gasteiger partial charge >= 0.3 is 5.69 Å². The molecular weight excluding hydrogens is 456 g/mol. The zero-order valence-corrected chi connectivity index (χ0v) is 21.3. The first kappa shape index (κ1) is 26.8. The highest BCUT2D eigenvalue weighted by molar-refractivity contribution is 6.05. The van der Waals surface area contributed by atoms with Crippen molar-refractivity contribution in [2.45, 2.75) is 72.3 Å². The molecule has 0 aliphatic carbocycles. The maximum Gasteiger partial charge on any atom is 0.337 e. The molecule has 3 aromatic rings. The van der Waals surface area contributed by atoms with Gasteiger partial charge in [0.1, 0.15) is 17.3 Å². The van der Waals surface area contributed by atoms with Crippen molar-refractivity contribution >= 4 is 17.4 Å². The van der Waals surface area contributed by atoms with Gasteiger partial charge in [-0.3, -0.25) is 14.2 Å². The van der Waals surface area contributed by atoms with Crippen LogP contribution in [0.4, 0.5) is 11.5 Å². The molecule has 0 aliphatic rings. The number of nitrogens with one attached hydrogen (secondary N) is 1. The Morgan fingerprint density at radius 1 is 0.944 bits per heavy atom. The molecule has 8 heteroatoms. The molecule has 0 bridgehead atoms. The average molecular weight is 493 g/mol. The number of carbonyl (C=O) groups is 1. The molecule has 0 atom stereocenters. The van der Waals surface area contributed by atoms with Gasteiger partial charge in [0.2, 0.25) is 0 Å². The van der Waals surface area contributed by atoms with E-state index in [0.29, 0.717) is 41.6 Å². The van der Waals surface area contributed by atoms with E-state index in [9.17, 15) is 19.5 Å². The van der Waals surface area contributed by atoms with Gasteiger partial charge in [-0.1, -0.05) is 51.8 Å². The number of rotatable bonds is 11. The van der Waals surface area contributed by atoms with E-state index >= 15 is 0 Å². The number of unbranched alkanes of at least 4 members (excludes halogenated alkanes) is 2. The van der Waals surface area contributed by atoms with Crippen molar-refractivity contribution in [3.05, 3.63) is 80.0 Å². The lowest BCUT2D eigenvalue weighted by molar-refractivity contribution is 0.102. The maximum absolute atomic E-state index is 13.4. The zero-order valence-electron chi connectivity index (χ0n) is 21.3. The molecule has 0 radical (unpaired) electrons. The van der Waals surface area contributed by atoms with Gasteiger partial charge in [0.05, 0.1) is 5.69 Å². The second-order valence-electron chi connectivity index (χ2n) is 8.97. The number of aromatic nitrogens is 2. The molecule has 1 amide bonds. The standard InChI is InChI=1S/C28H36N4O4/c1-4-7-12-19-17-21(18-20(24(19)33)13-8-5-2)26(34)30-23-25(29)32(22-14-10-9-11-15-22)28(36)31(16-6-3)27(23)35/h9-11,14-15,17-18,33H,4-8,12-13,16,29H2,1-3H3,(H,30,34). The Morgan fingerprint density at radius 2 is 1.53 bits per heavy atom. The number of anilines is 2. The van der Waals surface area contributed by atoms with Crippen LogP contribution in [0.1, 0.15) is 74.4 Å². The van der Waals surface area contributed by atoms with Gasteiger partial charge in [0.25, 0.3) is 11.5 Å². The molecule has 1 aromatic heterocycles. The van der Waals surface area contributed by atoms with E-state index in [2.05, 4.69) is 19.2 Å². The largest absolute Gasteiger partial charge is 0.507 e. The van der Waals surface area contributed by atoms with Crippen molar-refractivity contribution < 1.29 is 9.90 Å². The minimum Gasteiger partial charge on any atom is -0.507 e. The summed E-state index contributed by atoms with van der Waals surface area (Å²) in [5, 5.41) is 13.5. The summed E-state index contributed by atoms with van der Waals surface area (Å²) in [6, 6.07) is 12.1. The van der Waals surface area contributed by atoms with Gasteiger partial charge in [-0.15, -0.1) is 0 Å². The van der Waals surface area contributed by atoms with E-state index in [0.717, 1.165) is 30.3 Å². The first-order chi connectivity index (χ1) is 17.3. The number of hydrogen-bond donors (Lipinski definition) is 3. The van der Waals surface area contributed by atoms with E-state index < -0.39 is 17.2 Å². The van der Waals surface area contributed by atoms with Crippen molar-refractivity contribution in [3.63, 3.8) is 0 Å². The highest BCUT2D eigenvalue weighted by Gasteiger charge is 2.21. The summed E-state index contributed by atoms with van der Waals surface area (Å²) >= 11 is 0. The minimum absolute atomic E-state index is 0.131. The summed E-state index contributed by atoms with van der Waals surface area (Å²) in [6.45, 7) is 6.18. The molecule has 8 nitrogen and oxygen atoms in total. The van der Waals surface area contributed by atoms with Crippen LogP contribution in [0.25, 0.3) is 5.69 Å². The van der Waals surface area contributed by atoms with E-state index in [4.69, 9.17) is 5.73 Å².